The predicted octanol–water partition coefficient (Wildman–Crippen LogP) is 3.62. The summed E-state index contributed by atoms with van der Waals surface area (Å²) in [5.74, 6) is 0.580. The third kappa shape index (κ3) is 3.49. The molecule has 1 heterocycles. The first-order valence-corrected chi connectivity index (χ1v) is 7.59. The first-order chi connectivity index (χ1) is 9.76. The van der Waals surface area contributed by atoms with Gasteiger partial charge in [-0.1, -0.05) is 43.7 Å². The van der Waals surface area contributed by atoms with Crippen molar-refractivity contribution < 1.29 is 4.74 Å². The fourth-order valence-electron chi connectivity index (χ4n) is 2.22. The lowest BCUT2D eigenvalue weighted by Gasteiger charge is -2.18. The molecule has 1 unspecified atom stereocenters. The van der Waals surface area contributed by atoms with Crippen LogP contribution in [0.4, 0.5) is 10.8 Å². The fraction of sp³-hybridized carbons (Fsp3) is 0.400. The van der Waals surface area contributed by atoms with E-state index in [4.69, 9.17) is 10.5 Å². The Kier molecular flexibility index (Phi) is 5.38. The Morgan fingerprint density at radius 1 is 1.35 bits per heavy atom. The van der Waals surface area contributed by atoms with Crippen molar-refractivity contribution >= 4 is 22.4 Å². The summed E-state index contributed by atoms with van der Waals surface area (Å²) < 4.78 is 9.55. The molecule has 0 fully saturated rings. The predicted molar refractivity (Wildman–Crippen MR) is 86.2 cm³/mol. The van der Waals surface area contributed by atoms with E-state index in [0.29, 0.717) is 12.4 Å². The Morgan fingerprint density at radius 3 is 2.75 bits per heavy atom. The molecule has 0 aliphatic carbocycles. The molecule has 0 aliphatic heterocycles. The molecule has 0 saturated heterocycles. The Balaban J connectivity index is 2.24. The molecule has 0 aliphatic rings. The molecule has 1 aromatic heterocycles. The number of ether oxygens (including phenoxy) is 1. The van der Waals surface area contributed by atoms with Crippen LogP contribution in [-0.2, 0) is 4.74 Å². The van der Waals surface area contributed by atoms with Gasteiger partial charge in [-0.2, -0.15) is 4.37 Å². The summed E-state index contributed by atoms with van der Waals surface area (Å²) in [7, 11) is 1.73. The van der Waals surface area contributed by atoms with Gasteiger partial charge in [0, 0.05) is 7.11 Å². The molecule has 0 saturated carbocycles. The van der Waals surface area contributed by atoms with Gasteiger partial charge in [-0.25, -0.2) is 0 Å². The van der Waals surface area contributed by atoms with Gasteiger partial charge in [-0.3, -0.25) is 0 Å². The lowest BCUT2D eigenvalue weighted by atomic mass is 10.1. The van der Waals surface area contributed by atoms with Gasteiger partial charge in [0.2, 0.25) is 0 Å². The fourth-order valence-corrected chi connectivity index (χ4v) is 3.03. The zero-order valence-electron chi connectivity index (χ0n) is 11.9. The zero-order chi connectivity index (χ0) is 14.4. The van der Waals surface area contributed by atoms with E-state index in [0.717, 1.165) is 29.0 Å². The number of nitrogens with two attached hydrogens (primary N) is 1. The maximum absolute atomic E-state index is 6.03. The van der Waals surface area contributed by atoms with Crippen molar-refractivity contribution in [1.29, 1.82) is 0 Å². The number of hydrogen-bond acceptors (Lipinski definition) is 5. The van der Waals surface area contributed by atoms with Gasteiger partial charge < -0.3 is 15.8 Å². The van der Waals surface area contributed by atoms with E-state index in [1.165, 1.54) is 11.5 Å². The minimum atomic E-state index is 0.285. The van der Waals surface area contributed by atoms with Gasteiger partial charge in [0.1, 0.15) is 10.8 Å². The summed E-state index contributed by atoms with van der Waals surface area (Å²) >= 11 is 1.41. The zero-order valence-corrected chi connectivity index (χ0v) is 12.7. The second-order valence-corrected chi connectivity index (χ2v) is 5.50. The van der Waals surface area contributed by atoms with E-state index < -0.39 is 0 Å². The number of methoxy groups -OCH3 is 1. The number of rotatable bonds is 7. The number of benzene rings is 1. The van der Waals surface area contributed by atoms with Crippen LogP contribution in [0.5, 0.6) is 0 Å². The molecule has 108 valence electrons. The van der Waals surface area contributed by atoms with E-state index in [9.17, 15) is 0 Å². The van der Waals surface area contributed by atoms with Gasteiger partial charge in [-0.05, 0) is 23.5 Å². The third-order valence-corrected chi connectivity index (χ3v) is 3.91. The molecule has 1 atom stereocenters. The van der Waals surface area contributed by atoms with E-state index in [1.54, 1.807) is 7.11 Å². The van der Waals surface area contributed by atoms with Crippen molar-refractivity contribution in [3.05, 3.63) is 30.3 Å². The highest BCUT2D eigenvalue weighted by Gasteiger charge is 2.16. The summed E-state index contributed by atoms with van der Waals surface area (Å²) in [5.41, 5.74) is 8.11. The van der Waals surface area contributed by atoms with Crippen molar-refractivity contribution in [1.82, 2.24) is 4.37 Å². The number of nitrogens with zero attached hydrogens (tertiary/aromatic N) is 1. The van der Waals surface area contributed by atoms with E-state index >= 15 is 0 Å². The third-order valence-electron chi connectivity index (χ3n) is 3.12. The molecule has 0 radical (unpaired) electrons. The molecule has 0 spiro atoms. The average molecular weight is 291 g/mol. The summed E-state index contributed by atoms with van der Waals surface area (Å²) in [4.78, 5) is 0. The highest BCUT2D eigenvalue weighted by atomic mass is 32.1. The molecular formula is C15H21N3OS. The Morgan fingerprint density at radius 2 is 2.10 bits per heavy atom. The summed E-state index contributed by atoms with van der Waals surface area (Å²) in [6.45, 7) is 2.85. The smallest absolute Gasteiger partial charge is 0.147 e. The highest BCUT2D eigenvalue weighted by molar-refractivity contribution is 7.11. The molecule has 20 heavy (non-hydrogen) atoms. The van der Waals surface area contributed by atoms with Gasteiger partial charge >= 0.3 is 0 Å². The van der Waals surface area contributed by atoms with Gasteiger partial charge in [0.25, 0.3) is 0 Å². The van der Waals surface area contributed by atoms with Crippen molar-refractivity contribution in [3.63, 3.8) is 0 Å². The number of aromatic nitrogens is 1. The molecule has 0 amide bonds. The molecular weight excluding hydrogens is 270 g/mol. The van der Waals surface area contributed by atoms with E-state index in [1.807, 2.05) is 18.2 Å². The molecule has 5 heteroatoms. The van der Waals surface area contributed by atoms with Crippen molar-refractivity contribution in [2.45, 2.75) is 25.8 Å². The number of hydrogen-bond donors (Lipinski definition) is 2. The second-order valence-electron chi connectivity index (χ2n) is 4.72. The Bertz CT molecular complexity index is 521. The number of nitrogens with one attached hydrogen (secondary N) is 1. The maximum Gasteiger partial charge on any atom is 0.147 e. The topological polar surface area (TPSA) is 60.2 Å². The van der Waals surface area contributed by atoms with Crippen molar-refractivity contribution in [3.8, 4) is 11.1 Å². The van der Waals surface area contributed by atoms with Gasteiger partial charge in [0.15, 0.2) is 0 Å². The van der Waals surface area contributed by atoms with Crippen molar-refractivity contribution in [2.24, 2.45) is 0 Å². The van der Waals surface area contributed by atoms with Crippen LogP contribution < -0.4 is 11.1 Å². The van der Waals surface area contributed by atoms with E-state index in [-0.39, 0.29) is 6.04 Å². The summed E-state index contributed by atoms with van der Waals surface area (Å²) in [6.07, 6.45) is 2.16. The van der Waals surface area contributed by atoms with E-state index in [2.05, 4.69) is 28.7 Å². The number of nitrogen functional groups attached to an aromatic ring is 1. The van der Waals surface area contributed by atoms with Gasteiger partial charge in [0.05, 0.1) is 18.2 Å². The lowest BCUT2D eigenvalue weighted by molar-refractivity contribution is 0.182. The lowest BCUT2D eigenvalue weighted by Crippen LogP contribution is -2.24. The molecule has 0 bridgehead atoms. The van der Waals surface area contributed by atoms with Crippen LogP contribution in [0.3, 0.4) is 0 Å². The standard InChI is InChI=1S/C15H21N3OS/c1-3-7-12(10-19-2)17-15-13(14(16)18-20-15)11-8-5-4-6-9-11/h4-6,8-9,12,17H,3,7,10H2,1-2H3,(H2,16,18). The van der Waals surface area contributed by atoms with Crippen LogP contribution in [0.15, 0.2) is 30.3 Å². The number of anilines is 2. The summed E-state index contributed by atoms with van der Waals surface area (Å²) in [5, 5.41) is 4.54. The average Bonchev–Trinajstić information content (AvgIpc) is 2.81. The largest absolute Gasteiger partial charge is 0.383 e. The Labute approximate surface area is 124 Å². The van der Waals surface area contributed by atoms with Crippen LogP contribution in [0.1, 0.15) is 19.8 Å². The molecule has 1 aromatic carbocycles. The van der Waals surface area contributed by atoms with Crippen LogP contribution >= 0.6 is 11.5 Å². The first-order valence-electron chi connectivity index (χ1n) is 6.82. The normalized spacial score (nSPS) is 12.3. The maximum atomic E-state index is 6.03. The molecule has 3 N–H and O–H groups in total. The van der Waals surface area contributed by atoms with Crippen LogP contribution in [0.2, 0.25) is 0 Å². The Hall–Kier alpha value is -1.59. The quantitative estimate of drug-likeness (QED) is 0.818. The molecule has 2 rings (SSSR count). The monoisotopic (exact) mass is 291 g/mol. The van der Waals surface area contributed by atoms with Crippen LogP contribution in [0, 0.1) is 0 Å². The molecule has 4 nitrogen and oxygen atoms in total. The minimum Gasteiger partial charge on any atom is -0.383 e. The van der Waals surface area contributed by atoms with Crippen molar-refractivity contribution in [2.75, 3.05) is 24.8 Å². The first kappa shape index (κ1) is 14.8. The summed E-state index contributed by atoms with van der Waals surface area (Å²) in [6, 6.07) is 10.4. The SMILES string of the molecule is CCCC(COC)Nc1snc(N)c1-c1ccccc1. The minimum absolute atomic E-state index is 0.285. The molecule has 2 aromatic rings. The highest BCUT2D eigenvalue weighted by Crippen LogP contribution is 2.37. The second kappa shape index (κ2) is 7.26. The van der Waals surface area contributed by atoms with Crippen LogP contribution in [-0.4, -0.2) is 24.1 Å². The van der Waals surface area contributed by atoms with Crippen LogP contribution in [0.25, 0.3) is 11.1 Å². The van der Waals surface area contributed by atoms with Gasteiger partial charge in [-0.15, -0.1) is 0 Å².